The van der Waals surface area contributed by atoms with E-state index in [0.717, 1.165) is 24.0 Å². The molecule has 3 nitrogen and oxygen atoms in total. The Balaban J connectivity index is 1.77. The van der Waals surface area contributed by atoms with E-state index in [9.17, 15) is 0 Å². The SMILES string of the molecule is Cn1ccc(CC2(N)CC3CCC2C3)n1. The van der Waals surface area contributed by atoms with Gasteiger partial charge >= 0.3 is 0 Å². The quantitative estimate of drug-likeness (QED) is 0.794. The van der Waals surface area contributed by atoms with Gasteiger partial charge in [0, 0.05) is 25.2 Å². The predicted octanol–water partition coefficient (Wildman–Crippen LogP) is 1.48. The summed E-state index contributed by atoms with van der Waals surface area (Å²) in [6, 6.07) is 2.10. The van der Waals surface area contributed by atoms with Gasteiger partial charge in [0.1, 0.15) is 0 Å². The fourth-order valence-electron chi connectivity index (χ4n) is 3.60. The van der Waals surface area contributed by atoms with Crippen LogP contribution in [0.5, 0.6) is 0 Å². The van der Waals surface area contributed by atoms with E-state index < -0.39 is 0 Å². The molecule has 3 heteroatoms. The number of aromatic nitrogens is 2. The highest BCUT2D eigenvalue weighted by Crippen LogP contribution is 2.50. The molecule has 1 aromatic heterocycles. The largest absolute Gasteiger partial charge is 0.324 e. The Labute approximate surface area is 90.7 Å². The number of fused-ring (bicyclic) bond motifs is 2. The van der Waals surface area contributed by atoms with Crippen LogP contribution in [0.15, 0.2) is 12.3 Å². The van der Waals surface area contributed by atoms with Gasteiger partial charge in [0.15, 0.2) is 0 Å². The molecular formula is C12H19N3. The summed E-state index contributed by atoms with van der Waals surface area (Å²) in [5.41, 5.74) is 7.75. The molecule has 3 unspecified atom stereocenters. The van der Waals surface area contributed by atoms with E-state index in [4.69, 9.17) is 5.73 Å². The van der Waals surface area contributed by atoms with Gasteiger partial charge in [0.25, 0.3) is 0 Å². The standard InChI is InChI=1S/C12H19N3/c1-15-5-4-11(14-15)8-12(13)7-9-2-3-10(12)6-9/h4-5,9-10H,2-3,6-8,13H2,1H3. The molecule has 82 valence electrons. The van der Waals surface area contributed by atoms with Crippen molar-refractivity contribution in [3.05, 3.63) is 18.0 Å². The van der Waals surface area contributed by atoms with Gasteiger partial charge in [-0.15, -0.1) is 0 Å². The minimum atomic E-state index is 0.0528. The van der Waals surface area contributed by atoms with Gasteiger partial charge in [-0.05, 0) is 37.2 Å². The first-order chi connectivity index (χ1) is 7.16. The first-order valence-electron chi connectivity index (χ1n) is 5.93. The molecule has 1 heterocycles. The maximum atomic E-state index is 6.54. The average Bonchev–Trinajstić information content (AvgIpc) is 2.81. The summed E-state index contributed by atoms with van der Waals surface area (Å²) < 4.78 is 1.87. The van der Waals surface area contributed by atoms with Crippen molar-refractivity contribution in [2.75, 3.05) is 0 Å². The number of hydrogen-bond donors (Lipinski definition) is 1. The summed E-state index contributed by atoms with van der Waals surface area (Å²) >= 11 is 0. The molecule has 0 amide bonds. The molecule has 0 spiro atoms. The molecule has 3 atom stereocenters. The Morgan fingerprint density at radius 3 is 3.00 bits per heavy atom. The first kappa shape index (κ1) is 9.40. The lowest BCUT2D eigenvalue weighted by molar-refractivity contribution is 0.267. The molecule has 2 aliphatic rings. The summed E-state index contributed by atoms with van der Waals surface area (Å²) in [7, 11) is 1.97. The van der Waals surface area contributed by atoms with Gasteiger partial charge in [-0.1, -0.05) is 6.42 Å². The van der Waals surface area contributed by atoms with Crippen LogP contribution < -0.4 is 5.73 Å². The monoisotopic (exact) mass is 205 g/mol. The number of hydrogen-bond acceptors (Lipinski definition) is 2. The lowest BCUT2D eigenvalue weighted by atomic mass is 9.78. The third kappa shape index (κ3) is 1.49. The second-order valence-electron chi connectivity index (χ2n) is 5.47. The van der Waals surface area contributed by atoms with E-state index in [0.29, 0.717) is 0 Å². The third-order valence-corrected chi connectivity index (χ3v) is 4.30. The van der Waals surface area contributed by atoms with Crippen LogP contribution in [0.4, 0.5) is 0 Å². The van der Waals surface area contributed by atoms with Crippen molar-refractivity contribution < 1.29 is 0 Å². The molecule has 3 rings (SSSR count). The van der Waals surface area contributed by atoms with Crippen LogP contribution in [0.2, 0.25) is 0 Å². The van der Waals surface area contributed by atoms with Crippen molar-refractivity contribution in [3.63, 3.8) is 0 Å². The molecular weight excluding hydrogens is 186 g/mol. The Bertz CT molecular complexity index is 371. The number of aryl methyl sites for hydroxylation is 1. The van der Waals surface area contributed by atoms with E-state index in [-0.39, 0.29) is 5.54 Å². The van der Waals surface area contributed by atoms with Crippen LogP contribution in [-0.2, 0) is 13.5 Å². The minimum Gasteiger partial charge on any atom is -0.324 e. The number of nitrogens with two attached hydrogens (primary N) is 1. The topological polar surface area (TPSA) is 43.8 Å². The van der Waals surface area contributed by atoms with E-state index in [1.165, 1.54) is 25.7 Å². The zero-order chi connectivity index (χ0) is 10.5. The fraction of sp³-hybridized carbons (Fsp3) is 0.750. The van der Waals surface area contributed by atoms with Crippen molar-refractivity contribution in [2.24, 2.45) is 24.6 Å². The second-order valence-corrected chi connectivity index (χ2v) is 5.47. The van der Waals surface area contributed by atoms with Crippen LogP contribution in [0.1, 0.15) is 31.4 Å². The van der Waals surface area contributed by atoms with Gasteiger partial charge in [-0.2, -0.15) is 5.10 Å². The van der Waals surface area contributed by atoms with Crippen molar-refractivity contribution in [2.45, 2.75) is 37.6 Å². The maximum Gasteiger partial charge on any atom is 0.0642 e. The Morgan fingerprint density at radius 2 is 2.47 bits per heavy atom. The number of rotatable bonds is 2. The van der Waals surface area contributed by atoms with Crippen molar-refractivity contribution in [3.8, 4) is 0 Å². The highest BCUT2D eigenvalue weighted by molar-refractivity contribution is 5.12. The summed E-state index contributed by atoms with van der Waals surface area (Å²) in [6.45, 7) is 0. The molecule has 2 fully saturated rings. The van der Waals surface area contributed by atoms with E-state index >= 15 is 0 Å². The van der Waals surface area contributed by atoms with Crippen LogP contribution in [0, 0.1) is 11.8 Å². The first-order valence-corrected chi connectivity index (χ1v) is 5.93. The molecule has 1 aromatic rings. The average molecular weight is 205 g/mol. The fourth-order valence-corrected chi connectivity index (χ4v) is 3.60. The maximum absolute atomic E-state index is 6.54. The lowest BCUT2D eigenvalue weighted by Crippen LogP contribution is -2.47. The zero-order valence-electron chi connectivity index (χ0n) is 9.32. The van der Waals surface area contributed by atoms with Crippen molar-refractivity contribution in [1.29, 1.82) is 0 Å². The van der Waals surface area contributed by atoms with Gasteiger partial charge in [0.2, 0.25) is 0 Å². The number of nitrogens with zero attached hydrogens (tertiary/aromatic N) is 2. The summed E-state index contributed by atoms with van der Waals surface area (Å²) in [4.78, 5) is 0. The summed E-state index contributed by atoms with van der Waals surface area (Å²) in [6.07, 6.45) is 8.30. The predicted molar refractivity (Wildman–Crippen MR) is 59.3 cm³/mol. The third-order valence-electron chi connectivity index (χ3n) is 4.30. The van der Waals surface area contributed by atoms with Crippen molar-refractivity contribution in [1.82, 2.24) is 9.78 Å². The summed E-state index contributed by atoms with van der Waals surface area (Å²) in [5, 5.41) is 4.44. The molecule has 2 saturated carbocycles. The highest BCUT2D eigenvalue weighted by Gasteiger charge is 2.48. The molecule has 2 bridgehead atoms. The van der Waals surface area contributed by atoms with Gasteiger partial charge in [-0.25, -0.2) is 0 Å². The van der Waals surface area contributed by atoms with Crippen molar-refractivity contribution >= 4 is 0 Å². The molecule has 0 aliphatic heterocycles. The van der Waals surface area contributed by atoms with E-state index in [1.54, 1.807) is 0 Å². The van der Waals surface area contributed by atoms with Gasteiger partial charge in [0.05, 0.1) is 5.69 Å². The molecule has 0 saturated heterocycles. The smallest absolute Gasteiger partial charge is 0.0642 e. The second kappa shape index (κ2) is 3.08. The Hall–Kier alpha value is -0.830. The van der Waals surface area contributed by atoms with Gasteiger partial charge in [-0.3, -0.25) is 4.68 Å². The zero-order valence-corrected chi connectivity index (χ0v) is 9.32. The highest BCUT2D eigenvalue weighted by atomic mass is 15.2. The Kier molecular flexibility index (Phi) is 1.93. The van der Waals surface area contributed by atoms with Crippen LogP contribution in [-0.4, -0.2) is 15.3 Å². The minimum absolute atomic E-state index is 0.0528. The van der Waals surface area contributed by atoms with Crippen LogP contribution >= 0.6 is 0 Å². The molecule has 2 aliphatic carbocycles. The van der Waals surface area contributed by atoms with Crippen LogP contribution in [0.3, 0.4) is 0 Å². The molecule has 15 heavy (non-hydrogen) atoms. The lowest BCUT2D eigenvalue weighted by Gasteiger charge is -2.33. The molecule has 0 radical (unpaired) electrons. The molecule has 2 N–H and O–H groups in total. The van der Waals surface area contributed by atoms with Crippen LogP contribution in [0.25, 0.3) is 0 Å². The Morgan fingerprint density at radius 1 is 1.60 bits per heavy atom. The van der Waals surface area contributed by atoms with Gasteiger partial charge < -0.3 is 5.73 Å². The van der Waals surface area contributed by atoms with E-state index in [1.807, 2.05) is 17.9 Å². The van der Waals surface area contributed by atoms with E-state index in [2.05, 4.69) is 11.2 Å². The normalized spacial score (nSPS) is 38.8. The molecule has 0 aromatic carbocycles. The summed E-state index contributed by atoms with van der Waals surface area (Å²) in [5.74, 6) is 1.66.